The smallest absolute Gasteiger partial charge is 0.188 e. The van der Waals surface area contributed by atoms with Crippen LogP contribution in [0.5, 0.6) is 0 Å². The summed E-state index contributed by atoms with van der Waals surface area (Å²) in [5.41, 5.74) is 3.90. The molecule has 0 saturated carbocycles. The van der Waals surface area contributed by atoms with Crippen LogP contribution in [0.15, 0.2) is 84.9 Å². The fourth-order valence-corrected chi connectivity index (χ4v) is 2.08. The highest BCUT2D eigenvalue weighted by Crippen LogP contribution is 2.02. The van der Waals surface area contributed by atoms with Gasteiger partial charge in [0.05, 0.1) is 0 Å². The molecule has 0 atom stereocenters. The molecule has 0 aliphatic heterocycles. The molecule has 0 aliphatic carbocycles. The van der Waals surface area contributed by atoms with Crippen molar-refractivity contribution in [2.45, 2.75) is 13.8 Å². The zero-order valence-electron chi connectivity index (χ0n) is 16.0. The Bertz CT molecular complexity index is 812. The number of hydrogen-bond acceptors (Lipinski definition) is 2. The van der Waals surface area contributed by atoms with Crippen LogP contribution in [0, 0.1) is 13.8 Å². The Morgan fingerprint density at radius 2 is 0.828 bits per heavy atom. The maximum absolute atomic E-state index is 8.85. The van der Waals surface area contributed by atoms with Crippen LogP contribution >= 0.6 is 24.4 Å². The quantitative estimate of drug-likeness (QED) is 0.439. The molecule has 0 fully saturated rings. The third-order valence-corrected chi connectivity index (χ3v) is 3.73. The van der Waals surface area contributed by atoms with Crippen molar-refractivity contribution in [3.8, 4) is 0 Å². The highest BCUT2D eigenvalue weighted by molar-refractivity contribution is 7.80. The first-order chi connectivity index (χ1) is 12.4. The fourth-order valence-electron chi connectivity index (χ4n) is 1.81. The van der Waals surface area contributed by atoms with Crippen LogP contribution in [-0.4, -0.2) is 20.3 Å². The Balaban J connectivity index is -0.000000337. The molecule has 0 heterocycles. The van der Waals surface area contributed by atoms with Gasteiger partial charge in [0, 0.05) is 11.1 Å². The summed E-state index contributed by atoms with van der Waals surface area (Å²) in [6.45, 7) is 4.07. The second kappa shape index (κ2) is 17.3. The zero-order chi connectivity index (χ0) is 19.4. The van der Waals surface area contributed by atoms with Crippen molar-refractivity contribution in [2.75, 3.05) is 0 Å². The van der Waals surface area contributed by atoms with Gasteiger partial charge < -0.3 is 10.2 Å². The van der Waals surface area contributed by atoms with Gasteiger partial charge in [0.2, 0.25) is 0 Å². The average Bonchev–Trinajstić information content (AvgIpc) is 2.64. The van der Waals surface area contributed by atoms with Crippen molar-refractivity contribution >= 4 is 34.5 Å². The summed E-state index contributed by atoms with van der Waals surface area (Å²) in [5, 5.41) is 17.5. The van der Waals surface area contributed by atoms with Crippen LogP contribution in [0.4, 0.5) is 14.1 Å². The molecule has 0 amide bonds. The monoisotopic (exact) mass is 442 g/mol. The van der Waals surface area contributed by atoms with Crippen LogP contribution in [0.1, 0.15) is 22.3 Å². The number of benzene rings is 3. The predicted molar refractivity (Wildman–Crippen MR) is 125 cm³/mol. The van der Waals surface area contributed by atoms with Gasteiger partial charge in [-0.3, -0.25) is 14.1 Å². The van der Waals surface area contributed by atoms with Crippen molar-refractivity contribution in [1.82, 2.24) is 0 Å². The maximum atomic E-state index is 8.85. The molecule has 29 heavy (non-hydrogen) atoms. The number of aryl methyl sites for hydroxylation is 2. The molecular weight excluding hydrogens is 417 g/mol. The lowest BCUT2D eigenvalue weighted by Gasteiger charge is -1.95. The summed E-state index contributed by atoms with van der Waals surface area (Å²) in [4.78, 5) is 0. The Morgan fingerprint density at radius 1 is 0.517 bits per heavy atom. The molecule has 0 bridgehead atoms. The number of aliphatic hydroxyl groups excluding tert-OH is 2. The highest BCUT2D eigenvalue weighted by atomic mass is 32.1. The molecule has 2 nitrogen and oxygen atoms in total. The third-order valence-electron chi connectivity index (χ3n) is 3.26. The first-order valence-corrected chi connectivity index (χ1v) is 8.81. The largest absolute Gasteiger partial charge is 0.499 e. The van der Waals surface area contributed by atoms with E-state index in [0.717, 1.165) is 0 Å². The lowest BCUT2D eigenvalue weighted by atomic mass is 10.2. The average molecular weight is 443 g/mol. The lowest BCUT2D eigenvalue weighted by Crippen LogP contribution is -1.92. The van der Waals surface area contributed by atoms with Gasteiger partial charge in [0.15, 0.2) is 10.1 Å². The van der Waals surface area contributed by atoms with Gasteiger partial charge in [-0.25, -0.2) is 0 Å². The van der Waals surface area contributed by atoms with E-state index in [4.69, 9.17) is 10.2 Å². The summed E-state index contributed by atoms with van der Waals surface area (Å²) in [7, 11) is 0. The predicted octanol–water partition coefficient (Wildman–Crippen LogP) is 6.60. The number of hydrogen-bond donors (Lipinski definition) is 2. The van der Waals surface area contributed by atoms with E-state index in [1.807, 2.05) is 55.5 Å². The SMILES string of the molecule is Cc1ccc(C(O)=S)cc1.Cc1ccccc1.F.F.F.OC(=S)c1ccccc1. The van der Waals surface area contributed by atoms with E-state index in [9.17, 15) is 0 Å². The minimum absolute atomic E-state index is 0. The molecule has 0 aromatic heterocycles. The van der Waals surface area contributed by atoms with E-state index in [1.165, 1.54) is 11.1 Å². The van der Waals surface area contributed by atoms with Gasteiger partial charge in [-0.2, -0.15) is 0 Å². The number of aliphatic hydroxyl groups is 2. The lowest BCUT2D eigenvalue weighted by molar-refractivity contribution is 0.570. The molecule has 0 aliphatic rings. The first kappa shape index (κ1) is 30.9. The first-order valence-electron chi connectivity index (χ1n) is 8.00. The number of halogens is 3. The van der Waals surface area contributed by atoms with E-state index in [-0.39, 0.29) is 24.2 Å². The molecule has 0 unspecified atom stereocenters. The van der Waals surface area contributed by atoms with Crippen LogP contribution < -0.4 is 0 Å². The minimum Gasteiger partial charge on any atom is -0.499 e. The van der Waals surface area contributed by atoms with Crippen LogP contribution in [0.2, 0.25) is 0 Å². The Hall–Kier alpha value is -2.77. The summed E-state index contributed by atoms with van der Waals surface area (Å²) in [6.07, 6.45) is 0. The van der Waals surface area contributed by atoms with E-state index in [0.29, 0.717) is 11.1 Å². The van der Waals surface area contributed by atoms with Crippen molar-refractivity contribution in [1.29, 1.82) is 0 Å². The molecule has 3 aromatic rings. The van der Waals surface area contributed by atoms with E-state index < -0.39 is 0 Å². The van der Waals surface area contributed by atoms with Crippen molar-refractivity contribution in [3.63, 3.8) is 0 Å². The second-order valence-electron chi connectivity index (χ2n) is 5.50. The maximum Gasteiger partial charge on any atom is 0.188 e. The Labute approximate surface area is 180 Å². The van der Waals surface area contributed by atoms with Gasteiger partial charge in [-0.15, -0.1) is 0 Å². The number of rotatable bonds is 2. The van der Waals surface area contributed by atoms with Crippen LogP contribution in [-0.2, 0) is 0 Å². The molecule has 158 valence electrons. The minimum atomic E-state index is -0.0457. The van der Waals surface area contributed by atoms with E-state index in [1.54, 1.807) is 24.3 Å². The second-order valence-corrected chi connectivity index (χ2v) is 6.27. The van der Waals surface area contributed by atoms with Gasteiger partial charge in [0.25, 0.3) is 0 Å². The standard InChI is InChI=1S/C8H8OS.C7H6OS.C7H8.3FH/c1-6-2-4-7(5-3-6)8(9)10;8-7(9)6-4-2-1-3-5-6;1-7-5-3-2-4-6-7;;;/h2-5H,1H3,(H,9,10);1-5H,(H,8,9);2-6H,1H3;3*1H. The van der Waals surface area contributed by atoms with Crippen molar-refractivity contribution in [2.24, 2.45) is 0 Å². The summed E-state index contributed by atoms with van der Waals surface area (Å²) in [5.74, 6) is 0. The van der Waals surface area contributed by atoms with Crippen molar-refractivity contribution < 1.29 is 24.3 Å². The van der Waals surface area contributed by atoms with Gasteiger partial charge in [0.1, 0.15) is 0 Å². The molecule has 0 radical (unpaired) electrons. The highest BCUT2D eigenvalue weighted by Gasteiger charge is 1.94. The van der Waals surface area contributed by atoms with Crippen LogP contribution in [0.3, 0.4) is 0 Å². The van der Waals surface area contributed by atoms with Gasteiger partial charge in [-0.1, -0.05) is 96.1 Å². The molecular formula is C22H25F3O2S2. The van der Waals surface area contributed by atoms with E-state index >= 15 is 0 Å². The molecule has 3 rings (SSSR count). The third kappa shape index (κ3) is 14.0. The fraction of sp³-hybridized carbons (Fsp3) is 0.0909. The number of thiocarbonyl (C=S) groups is 2. The summed E-state index contributed by atoms with van der Waals surface area (Å²) >= 11 is 9.08. The molecule has 3 aromatic carbocycles. The van der Waals surface area contributed by atoms with Crippen LogP contribution in [0.25, 0.3) is 0 Å². The summed E-state index contributed by atoms with van der Waals surface area (Å²) < 4.78 is 0. The Kier molecular flexibility index (Phi) is 18.5. The van der Waals surface area contributed by atoms with Crippen molar-refractivity contribution in [3.05, 3.63) is 107 Å². The van der Waals surface area contributed by atoms with Gasteiger partial charge >= 0.3 is 0 Å². The molecule has 2 N–H and O–H groups in total. The Morgan fingerprint density at radius 3 is 1.10 bits per heavy atom. The summed E-state index contributed by atoms with van der Waals surface area (Å²) in [6, 6.07) is 26.8. The normalized spacial score (nSPS) is 8.07. The van der Waals surface area contributed by atoms with Gasteiger partial charge in [-0.05, 0) is 38.3 Å². The molecule has 0 spiro atoms. The molecule has 7 heteroatoms. The molecule has 0 saturated heterocycles. The zero-order valence-corrected chi connectivity index (χ0v) is 17.7. The van der Waals surface area contributed by atoms with E-state index in [2.05, 4.69) is 43.5 Å². The topological polar surface area (TPSA) is 40.5 Å².